The van der Waals surface area contributed by atoms with E-state index in [0.717, 1.165) is 19.6 Å². The van der Waals surface area contributed by atoms with E-state index in [1.54, 1.807) is 17.0 Å². The minimum Gasteiger partial charge on any atom is -0.340 e. The molecule has 2 rings (SSSR count). The molecule has 1 fully saturated rings. The lowest BCUT2D eigenvalue weighted by Gasteiger charge is -2.34. The Kier molecular flexibility index (Phi) is 7.52. The number of nitrogens with zero attached hydrogens (tertiary/aromatic N) is 3. The Bertz CT molecular complexity index is 767. The molecule has 1 heterocycles. The number of benzene rings is 1. The predicted molar refractivity (Wildman–Crippen MR) is 104 cm³/mol. The first-order valence-electron chi connectivity index (χ1n) is 9.40. The van der Waals surface area contributed by atoms with Crippen LogP contribution in [-0.2, 0) is 14.8 Å². The van der Waals surface area contributed by atoms with Crippen molar-refractivity contribution in [1.82, 2.24) is 14.1 Å². The molecule has 1 aliphatic rings. The Hall–Kier alpha value is -1.77. The van der Waals surface area contributed by atoms with Crippen LogP contribution in [0.15, 0.2) is 29.2 Å². The Morgan fingerprint density at radius 1 is 1.07 bits per heavy atom. The third-order valence-corrected chi connectivity index (χ3v) is 6.90. The standard InChI is InChI=1S/C19H29N3O4S/c1-4-20(5-2)10-9-19(24)21-11-13-22(14-12-21)27(25,26)18-8-6-7-17(15-18)16(3)23/h6-8,15H,4-5,9-14H2,1-3H3. The van der Waals surface area contributed by atoms with Crippen LogP contribution in [0.2, 0.25) is 0 Å². The fourth-order valence-electron chi connectivity index (χ4n) is 3.15. The molecule has 7 nitrogen and oxygen atoms in total. The fourth-order valence-corrected chi connectivity index (χ4v) is 4.62. The molecule has 1 aromatic carbocycles. The molecule has 0 aromatic heterocycles. The van der Waals surface area contributed by atoms with Gasteiger partial charge in [0, 0.05) is 44.7 Å². The van der Waals surface area contributed by atoms with E-state index in [1.807, 2.05) is 0 Å². The second-order valence-electron chi connectivity index (χ2n) is 6.65. The third kappa shape index (κ3) is 5.37. The van der Waals surface area contributed by atoms with Crippen LogP contribution in [0.4, 0.5) is 0 Å². The van der Waals surface area contributed by atoms with Gasteiger partial charge < -0.3 is 9.80 Å². The largest absolute Gasteiger partial charge is 0.340 e. The number of ketones is 1. The number of carbonyl (C=O) groups excluding carboxylic acids is 2. The molecule has 27 heavy (non-hydrogen) atoms. The van der Waals surface area contributed by atoms with Crippen LogP contribution in [0.5, 0.6) is 0 Å². The molecule has 0 radical (unpaired) electrons. The Morgan fingerprint density at radius 2 is 1.70 bits per heavy atom. The van der Waals surface area contributed by atoms with Gasteiger partial charge in [-0.05, 0) is 32.1 Å². The van der Waals surface area contributed by atoms with Crippen molar-refractivity contribution in [1.29, 1.82) is 0 Å². The molecule has 0 spiro atoms. The molecule has 1 saturated heterocycles. The van der Waals surface area contributed by atoms with Crippen LogP contribution in [0.25, 0.3) is 0 Å². The first kappa shape index (κ1) is 21.5. The average molecular weight is 396 g/mol. The Balaban J connectivity index is 1.97. The zero-order valence-corrected chi connectivity index (χ0v) is 17.2. The summed E-state index contributed by atoms with van der Waals surface area (Å²) in [6.45, 7) is 9.41. The summed E-state index contributed by atoms with van der Waals surface area (Å²) >= 11 is 0. The third-order valence-electron chi connectivity index (χ3n) is 5.01. The number of hydrogen-bond acceptors (Lipinski definition) is 5. The molecule has 1 amide bonds. The van der Waals surface area contributed by atoms with Crippen molar-refractivity contribution < 1.29 is 18.0 Å². The maximum Gasteiger partial charge on any atom is 0.243 e. The number of sulfonamides is 1. The molecule has 0 bridgehead atoms. The first-order valence-corrected chi connectivity index (χ1v) is 10.8. The van der Waals surface area contributed by atoms with Crippen LogP contribution in [-0.4, -0.2) is 80.0 Å². The molecule has 150 valence electrons. The summed E-state index contributed by atoms with van der Waals surface area (Å²) < 4.78 is 27.1. The van der Waals surface area contributed by atoms with Gasteiger partial charge in [0.05, 0.1) is 4.90 Å². The monoisotopic (exact) mass is 395 g/mol. The van der Waals surface area contributed by atoms with Gasteiger partial charge in [-0.25, -0.2) is 8.42 Å². The van der Waals surface area contributed by atoms with Crippen LogP contribution < -0.4 is 0 Å². The number of rotatable bonds is 8. The van der Waals surface area contributed by atoms with E-state index in [-0.39, 0.29) is 29.7 Å². The lowest BCUT2D eigenvalue weighted by atomic mass is 10.2. The van der Waals surface area contributed by atoms with E-state index < -0.39 is 10.0 Å². The van der Waals surface area contributed by atoms with Gasteiger partial charge in [0.1, 0.15) is 0 Å². The Morgan fingerprint density at radius 3 is 2.26 bits per heavy atom. The van der Waals surface area contributed by atoms with Crippen molar-refractivity contribution in [3.63, 3.8) is 0 Å². The van der Waals surface area contributed by atoms with Crippen molar-refractivity contribution in [3.8, 4) is 0 Å². The van der Waals surface area contributed by atoms with E-state index in [9.17, 15) is 18.0 Å². The van der Waals surface area contributed by atoms with Crippen molar-refractivity contribution in [2.45, 2.75) is 32.1 Å². The predicted octanol–water partition coefficient (Wildman–Crippen LogP) is 1.45. The normalized spacial score (nSPS) is 15.9. The van der Waals surface area contributed by atoms with Gasteiger partial charge in [-0.2, -0.15) is 4.31 Å². The maximum absolute atomic E-state index is 12.8. The second kappa shape index (κ2) is 9.43. The molecule has 0 atom stereocenters. The summed E-state index contributed by atoms with van der Waals surface area (Å²) in [5, 5.41) is 0. The second-order valence-corrected chi connectivity index (χ2v) is 8.58. The molecular weight excluding hydrogens is 366 g/mol. The van der Waals surface area contributed by atoms with E-state index in [1.165, 1.54) is 23.4 Å². The quantitative estimate of drug-likeness (QED) is 0.623. The van der Waals surface area contributed by atoms with Gasteiger partial charge in [0.15, 0.2) is 5.78 Å². The molecular formula is C19H29N3O4S. The summed E-state index contributed by atoms with van der Waals surface area (Å²) in [6.07, 6.45) is 0.453. The molecule has 1 aliphatic heterocycles. The summed E-state index contributed by atoms with van der Waals surface area (Å²) in [4.78, 5) is 27.9. The number of amides is 1. The topological polar surface area (TPSA) is 78.0 Å². The highest BCUT2D eigenvalue weighted by Crippen LogP contribution is 2.19. The van der Waals surface area contributed by atoms with E-state index in [4.69, 9.17) is 0 Å². The maximum atomic E-state index is 12.8. The van der Waals surface area contributed by atoms with Crippen LogP contribution in [0.3, 0.4) is 0 Å². The van der Waals surface area contributed by atoms with Gasteiger partial charge in [0.2, 0.25) is 15.9 Å². The molecule has 0 aliphatic carbocycles. The SMILES string of the molecule is CCN(CC)CCC(=O)N1CCN(S(=O)(=O)c2cccc(C(C)=O)c2)CC1. The zero-order chi connectivity index (χ0) is 20.0. The minimum atomic E-state index is -3.67. The van der Waals surface area contributed by atoms with Gasteiger partial charge in [-0.1, -0.05) is 26.0 Å². The highest BCUT2D eigenvalue weighted by Gasteiger charge is 2.30. The van der Waals surface area contributed by atoms with E-state index in [0.29, 0.717) is 25.1 Å². The molecule has 0 N–H and O–H groups in total. The van der Waals surface area contributed by atoms with E-state index >= 15 is 0 Å². The lowest BCUT2D eigenvalue weighted by molar-refractivity contribution is -0.132. The highest BCUT2D eigenvalue weighted by atomic mass is 32.2. The van der Waals surface area contributed by atoms with Crippen molar-refractivity contribution in [2.24, 2.45) is 0 Å². The molecule has 8 heteroatoms. The highest BCUT2D eigenvalue weighted by molar-refractivity contribution is 7.89. The number of hydrogen-bond donors (Lipinski definition) is 0. The number of Topliss-reactive ketones (excluding diaryl/α,β-unsaturated/α-hetero) is 1. The summed E-state index contributed by atoms with van der Waals surface area (Å²) in [5.74, 6) is -0.104. The number of carbonyl (C=O) groups is 2. The van der Waals surface area contributed by atoms with E-state index in [2.05, 4.69) is 18.7 Å². The van der Waals surface area contributed by atoms with Crippen molar-refractivity contribution in [3.05, 3.63) is 29.8 Å². The van der Waals surface area contributed by atoms with Gasteiger partial charge in [0.25, 0.3) is 0 Å². The minimum absolute atomic E-state index is 0.0672. The van der Waals surface area contributed by atoms with Gasteiger partial charge >= 0.3 is 0 Å². The molecule has 0 saturated carbocycles. The van der Waals surface area contributed by atoms with Crippen LogP contribution in [0.1, 0.15) is 37.6 Å². The Labute approximate surface area is 162 Å². The fraction of sp³-hybridized carbons (Fsp3) is 0.579. The average Bonchev–Trinajstić information content (AvgIpc) is 2.68. The number of piperazine rings is 1. The summed E-state index contributed by atoms with van der Waals surface area (Å²) in [6, 6.07) is 6.10. The van der Waals surface area contributed by atoms with Crippen LogP contribution in [0, 0.1) is 0 Å². The van der Waals surface area contributed by atoms with Crippen LogP contribution >= 0.6 is 0 Å². The molecule has 1 aromatic rings. The molecule has 0 unspecified atom stereocenters. The lowest BCUT2D eigenvalue weighted by Crippen LogP contribution is -2.50. The van der Waals surface area contributed by atoms with Crippen molar-refractivity contribution >= 4 is 21.7 Å². The zero-order valence-electron chi connectivity index (χ0n) is 16.3. The summed E-state index contributed by atoms with van der Waals surface area (Å²) in [7, 11) is -3.67. The first-order chi connectivity index (χ1) is 12.8. The smallest absolute Gasteiger partial charge is 0.243 e. The van der Waals surface area contributed by atoms with Gasteiger partial charge in [-0.15, -0.1) is 0 Å². The van der Waals surface area contributed by atoms with Crippen molar-refractivity contribution in [2.75, 3.05) is 45.8 Å². The van der Waals surface area contributed by atoms with Gasteiger partial charge in [-0.3, -0.25) is 9.59 Å². The summed E-state index contributed by atoms with van der Waals surface area (Å²) in [5.41, 5.74) is 0.376.